The number of nitrogens with one attached hydrogen (secondary N) is 2. The monoisotopic (exact) mass is 447 g/mol. The van der Waals surface area contributed by atoms with Crippen LogP contribution >= 0.6 is 15.9 Å². The maximum absolute atomic E-state index is 12.6. The Morgan fingerprint density at radius 1 is 1.14 bits per heavy atom. The molecule has 0 bridgehead atoms. The van der Waals surface area contributed by atoms with E-state index in [0.29, 0.717) is 21.5 Å². The van der Waals surface area contributed by atoms with Gasteiger partial charge in [0.15, 0.2) is 0 Å². The third kappa shape index (κ3) is 5.82. The number of phenols is 1. The summed E-state index contributed by atoms with van der Waals surface area (Å²) < 4.78 is 5.60. The molecule has 0 aliphatic carbocycles. The molecular weight excluding hydrogens is 426 g/mol. The molecule has 2 aromatic carbocycles. The zero-order valence-corrected chi connectivity index (χ0v) is 17.4. The Bertz CT molecular complexity index is 866. The molecule has 8 heteroatoms. The van der Waals surface area contributed by atoms with Crippen LogP contribution in [0.25, 0.3) is 0 Å². The maximum atomic E-state index is 12.6. The normalized spacial score (nSPS) is 12.0. The molecule has 1 unspecified atom stereocenters. The number of carbonyl (C=O) groups excluding carboxylic acids is 2. The van der Waals surface area contributed by atoms with Crippen LogP contribution in [0.15, 0.2) is 52.0 Å². The van der Waals surface area contributed by atoms with E-state index in [1.165, 1.54) is 12.3 Å². The lowest BCUT2D eigenvalue weighted by atomic mass is 9.94. The van der Waals surface area contributed by atoms with Crippen LogP contribution in [-0.2, 0) is 9.59 Å². The number of halogens is 1. The van der Waals surface area contributed by atoms with Crippen molar-refractivity contribution in [2.24, 2.45) is 16.9 Å². The first kappa shape index (κ1) is 21.4. The summed E-state index contributed by atoms with van der Waals surface area (Å²) in [5.74, 6) is -1.28. The van der Waals surface area contributed by atoms with Crippen LogP contribution in [0.3, 0.4) is 0 Å². The van der Waals surface area contributed by atoms with Crippen molar-refractivity contribution in [3.05, 3.63) is 52.5 Å². The molecule has 0 fully saturated rings. The van der Waals surface area contributed by atoms with Gasteiger partial charge in [0.1, 0.15) is 17.4 Å². The third-order valence-electron chi connectivity index (χ3n) is 3.95. The van der Waals surface area contributed by atoms with E-state index in [2.05, 4.69) is 31.8 Å². The highest BCUT2D eigenvalue weighted by molar-refractivity contribution is 9.10. The zero-order chi connectivity index (χ0) is 20.7. The van der Waals surface area contributed by atoms with Crippen molar-refractivity contribution in [2.45, 2.75) is 13.8 Å². The minimum atomic E-state index is -0.911. The van der Waals surface area contributed by atoms with Gasteiger partial charge in [0, 0.05) is 5.69 Å². The van der Waals surface area contributed by atoms with Crippen LogP contribution < -0.4 is 15.5 Å². The Labute approximate surface area is 171 Å². The molecule has 0 radical (unpaired) electrons. The largest absolute Gasteiger partial charge is 0.507 e. The first-order valence-corrected chi connectivity index (χ1v) is 9.37. The summed E-state index contributed by atoms with van der Waals surface area (Å²) in [5, 5.41) is 16.1. The number of phenolic OH excluding ortho intramolecular Hbond substituents is 1. The van der Waals surface area contributed by atoms with Crippen LogP contribution in [0.1, 0.15) is 19.4 Å². The Kier molecular flexibility index (Phi) is 7.57. The highest BCUT2D eigenvalue weighted by Crippen LogP contribution is 2.23. The topological polar surface area (TPSA) is 100 Å². The molecule has 3 N–H and O–H groups in total. The van der Waals surface area contributed by atoms with E-state index < -0.39 is 17.7 Å². The second-order valence-electron chi connectivity index (χ2n) is 6.38. The fourth-order valence-corrected chi connectivity index (χ4v) is 2.86. The minimum absolute atomic E-state index is 0.108. The van der Waals surface area contributed by atoms with Crippen LogP contribution in [0.2, 0.25) is 0 Å². The number of carbonyl (C=O) groups is 2. The summed E-state index contributed by atoms with van der Waals surface area (Å²) in [6.45, 7) is 3.58. The summed E-state index contributed by atoms with van der Waals surface area (Å²) >= 11 is 3.21. The maximum Gasteiger partial charge on any atom is 0.252 e. The van der Waals surface area contributed by atoms with Crippen molar-refractivity contribution in [2.75, 3.05) is 12.4 Å². The lowest BCUT2D eigenvalue weighted by molar-refractivity contribution is -0.134. The standard InChI is InChI=1S/C20H22BrN3O4/c1-12(2)18(19(26)23-14-5-7-15(28-3)8-6-14)20(27)24-22-11-13-4-9-17(25)16(21)10-13/h4-12,18,25H,1-3H3,(H,23,26)(H,24,27). The molecule has 148 valence electrons. The van der Waals surface area contributed by atoms with Crippen molar-refractivity contribution in [1.82, 2.24) is 5.43 Å². The summed E-state index contributed by atoms with van der Waals surface area (Å²) in [4.78, 5) is 25.0. The van der Waals surface area contributed by atoms with Gasteiger partial charge in [-0.05, 0) is 69.9 Å². The van der Waals surface area contributed by atoms with Crippen molar-refractivity contribution in [1.29, 1.82) is 0 Å². The van der Waals surface area contributed by atoms with E-state index >= 15 is 0 Å². The fourth-order valence-electron chi connectivity index (χ4n) is 2.46. The number of benzene rings is 2. The number of hydrogen-bond acceptors (Lipinski definition) is 5. The van der Waals surface area contributed by atoms with Gasteiger partial charge in [0.25, 0.3) is 5.91 Å². The Morgan fingerprint density at radius 2 is 1.82 bits per heavy atom. The molecule has 0 saturated heterocycles. The lowest BCUT2D eigenvalue weighted by Gasteiger charge is -2.18. The molecular formula is C20H22BrN3O4. The van der Waals surface area contributed by atoms with Gasteiger partial charge in [-0.25, -0.2) is 5.43 Å². The number of rotatable bonds is 7. The van der Waals surface area contributed by atoms with Crippen LogP contribution in [0.4, 0.5) is 5.69 Å². The molecule has 0 saturated carbocycles. The van der Waals surface area contributed by atoms with Gasteiger partial charge < -0.3 is 15.2 Å². The molecule has 0 aromatic heterocycles. The first-order valence-electron chi connectivity index (χ1n) is 8.58. The number of hydrogen-bond donors (Lipinski definition) is 3. The average molecular weight is 448 g/mol. The van der Waals surface area contributed by atoms with E-state index in [1.54, 1.807) is 57.4 Å². The molecule has 0 aliphatic rings. The van der Waals surface area contributed by atoms with Gasteiger partial charge in [0.05, 0.1) is 17.8 Å². The number of nitrogens with zero attached hydrogens (tertiary/aromatic N) is 1. The van der Waals surface area contributed by atoms with Gasteiger partial charge in [-0.2, -0.15) is 5.10 Å². The highest BCUT2D eigenvalue weighted by atomic mass is 79.9. The number of methoxy groups -OCH3 is 1. The number of amides is 2. The Balaban J connectivity index is 2.02. The van der Waals surface area contributed by atoms with Crippen molar-refractivity contribution >= 4 is 39.6 Å². The van der Waals surface area contributed by atoms with E-state index in [9.17, 15) is 14.7 Å². The fraction of sp³-hybridized carbons (Fsp3) is 0.250. The SMILES string of the molecule is COc1ccc(NC(=O)C(C(=O)NN=Cc2ccc(O)c(Br)c2)C(C)C)cc1. The van der Waals surface area contributed by atoms with E-state index in [-0.39, 0.29) is 11.7 Å². The number of hydrazone groups is 1. The Morgan fingerprint density at radius 3 is 2.39 bits per heavy atom. The van der Waals surface area contributed by atoms with E-state index in [1.807, 2.05) is 0 Å². The van der Waals surface area contributed by atoms with Gasteiger partial charge in [-0.1, -0.05) is 13.8 Å². The van der Waals surface area contributed by atoms with Crippen LogP contribution in [0, 0.1) is 11.8 Å². The quantitative estimate of drug-likeness (QED) is 0.343. The molecule has 0 spiro atoms. The number of ether oxygens (including phenoxy) is 1. The average Bonchev–Trinajstić information content (AvgIpc) is 2.65. The van der Waals surface area contributed by atoms with Gasteiger partial charge >= 0.3 is 0 Å². The molecule has 2 aromatic rings. The van der Waals surface area contributed by atoms with Gasteiger partial charge in [-0.15, -0.1) is 0 Å². The third-order valence-corrected chi connectivity index (χ3v) is 4.58. The molecule has 2 amide bonds. The minimum Gasteiger partial charge on any atom is -0.507 e. The molecule has 0 aliphatic heterocycles. The number of aromatic hydroxyl groups is 1. The summed E-state index contributed by atoms with van der Waals surface area (Å²) in [6, 6.07) is 11.7. The molecule has 1 atom stereocenters. The molecule has 2 rings (SSSR count). The van der Waals surface area contributed by atoms with Gasteiger partial charge in [0.2, 0.25) is 5.91 Å². The predicted octanol–water partition coefficient (Wildman–Crippen LogP) is 3.52. The van der Waals surface area contributed by atoms with Gasteiger partial charge in [-0.3, -0.25) is 9.59 Å². The van der Waals surface area contributed by atoms with Crippen molar-refractivity contribution in [3.63, 3.8) is 0 Å². The van der Waals surface area contributed by atoms with Crippen molar-refractivity contribution < 1.29 is 19.4 Å². The molecule has 0 heterocycles. The summed E-state index contributed by atoms with van der Waals surface area (Å²) in [5.41, 5.74) is 3.65. The number of anilines is 1. The van der Waals surface area contributed by atoms with Crippen LogP contribution in [0.5, 0.6) is 11.5 Å². The smallest absolute Gasteiger partial charge is 0.252 e. The highest BCUT2D eigenvalue weighted by Gasteiger charge is 2.29. The second-order valence-corrected chi connectivity index (χ2v) is 7.24. The lowest BCUT2D eigenvalue weighted by Crippen LogP contribution is -2.39. The Hall–Kier alpha value is -2.87. The summed E-state index contributed by atoms with van der Waals surface area (Å²) in [7, 11) is 1.56. The van der Waals surface area contributed by atoms with Crippen molar-refractivity contribution in [3.8, 4) is 11.5 Å². The zero-order valence-electron chi connectivity index (χ0n) is 15.8. The molecule has 7 nitrogen and oxygen atoms in total. The van der Waals surface area contributed by atoms with E-state index in [0.717, 1.165) is 0 Å². The molecule has 28 heavy (non-hydrogen) atoms. The summed E-state index contributed by atoms with van der Waals surface area (Å²) in [6.07, 6.45) is 1.43. The second kappa shape index (κ2) is 9.89. The van der Waals surface area contributed by atoms with E-state index in [4.69, 9.17) is 4.74 Å². The predicted molar refractivity (Wildman–Crippen MR) is 111 cm³/mol. The van der Waals surface area contributed by atoms with Crippen LogP contribution in [-0.4, -0.2) is 30.2 Å². The first-order chi connectivity index (χ1) is 13.3.